The molecular formula is C13H23N3O2S2. The molecule has 1 saturated heterocycles. The van der Waals surface area contributed by atoms with E-state index in [0.29, 0.717) is 29.8 Å². The number of hydrogen-bond donors (Lipinski definition) is 1. The monoisotopic (exact) mass is 317 g/mol. The van der Waals surface area contributed by atoms with Crippen LogP contribution in [0.1, 0.15) is 17.4 Å². The molecule has 20 heavy (non-hydrogen) atoms. The molecule has 0 saturated carbocycles. The van der Waals surface area contributed by atoms with Crippen molar-refractivity contribution in [3.05, 3.63) is 16.5 Å². The minimum Gasteiger partial charge on any atom is -0.326 e. The number of hydrogen-bond acceptors (Lipinski definition) is 5. The minimum absolute atomic E-state index is 0.278. The molecule has 0 bridgehead atoms. The van der Waals surface area contributed by atoms with Crippen LogP contribution in [-0.2, 0) is 16.6 Å². The fraction of sp³-hybridized carbons (Fsp3) is 0.692. The van der Waals surface area contributed by atoms with Gasteiger partial charge in [-0.2, -0.15) is 4.31 Å². The van der Waals surface area contributed by atoms with Crippen molar-refractivity contribution >= 4 is 21.4 Å². The Labute approximate surface area is 125 Å². The molecule has 2 atom stereocenters. The van der Waals surface area contributed by atoms with E-state index in [1.807, 2.05) is 21.0 Å². The van der Waals surface area contributed by atoms with Crippen LogP contribution in [0.2, 0.25) is 0 Å². The summed E-state index contributed by atoms with van der Waals surface area (Å²) in [6.07, 6.45) is 0. The smallest absolute Gasteiger partial charge is 0.252 e. The summed E-state index contributed by atoms with van der Waals surface area (Å²) in [6.45, 7) is 5.55. The standard InChI is InChI=1S/C13H23N3O2S2/c1-9-5-13(19-12(9)6-14)20(17,18)16-7-10(2)11(8-16)15(3)4/h5,10-11H,6-8,14H2,1-4H3. The lowest BCUT2D eigenvalue weighted by Gasteiger charge is -2.22. The molecular weight excluding hydrogens is 294 g/mol. The highest BCUT2D eigenvalue weighted by atomic mass is 32.2. The first-order chi connectivity index (χ1) is 9.27. The second-order valence-corrected chi connectivity index (χ2v) is 9.01. The van der Waals surface area contributed by atoms with Gasteiger partial charge in [-0.15, -0.1) is 11.3 Å². The van der Waals surface area contributed by atoms with Gasteiger partial charge in [0.2, 0.25) is 0 Å². The van der Waals surface area contributed by atoms with E-state index in [9.17, 15) is 8.42 Å². The van der Waals surface area contributed by atoms with E-state index in [2.05, 4.69) is 11.8 Å². The lowest BCUT2D eigenvalue weighted by molar-refractivity contribution is 0.263. The lowest BCUT2D eigenvalue weighted by atomic mass is 10.1. The molecule has 0 aromatic carbocycles. The summed E-state index contributed by atoms with van der Waals surface area (Å²) >= 11 is 1.30. The quantitative estimate of drug-likeness (QED) is 0.902. The average Bonchev–Trinajstić information content (AvgIpc) is 2.93. The first-order valence-corrected chi connectivity index (χ1v) is 8.99. The Morgan fingerprint density at radius 1 is 1.45 bits per heavy atom. The second kappa shape index (κ2) is 5.73. The molecule has 1 aliphatic rings. The van der Waals surface area contributed by atoms with E-state index >= 15 is 0 Å². The molecule has 2 unspecified atom stereocenters. The van der Waals surface area contributed by atoms with Crippen LogP contribution in [-0.4, -0.2) is 50.8 Å². The van der Waals surface area contributed by atoms with Crippen molar-refractivity contribution in [2.24, 2.45) is 11.7 Å². The number of thiophene rings is 1. The lowest BCUT2D eigenvalue weighted by Crippen LogP contribution is -2.35. The van der Waals surface area contributed by atoms with E-state index in [1.165, 1.54) is 11.3 Å². The molecule has 0 spiro atoms. The Morgan fingerprint density at radius 2 is 2.10 bits per heavy atom. The molecule has 114 valence electrons. The number of sulfonamides is 1. The van der Waals surface area contributed by atoms with Gasteiger partial charge in [0.25, 0.3) is 10.0 Å². The van der Waals surface area contributed by atoms with Gasteiger partial charge in [-0.25, -0.2) is 8.42 Å². The van der Waals surface area contributed by atoms with E-state index in [0.717, 1.165) is 10.4 Å². The van der Waals surface area contributed by atoms with Crippen LogP contribution in [0, 0.1) is 12.8 Å². The maximum Gasteiger partial charge on any atom is 0.252 e. The van der Waals surface area contributed by atoms with Crippen LogP contribution >= 0.6 is 11.3 Å². The van der Waals surface area contributed by atoms with Crippen LogP contribution in [0.5, 0.6) is 0 Å². The molecule has 7 heteroatoms. The van der Waals surface area contributed by atoms with Crippen molar-refractivity contribution in [2.75, 3.05) is 27.2 Å². The first kappa shape index (κ1) is 15.9. The summed E-state index contributed by atoms with van der Waals surface area (Å²) in [6, 6.07) is 2.02. The van der Waals surface area contributed by atoms with Crippen molar-refractivity contribution in [2.45, 2.75) is 30.6 Å². The van der Waals surface area contributed by atoms with E-state index in [1.54, 1.807) is 10.4 Å². The molecule has 0 aliphatic carbocycles. The number of aryl methyl sites for hydroxylation is 1. The van der Waals surface area contributed by atoms with Crippen molar-refractivity contribution in [1.82, 2.24) is 9.21 Å². The molecule has 0 radical (unpaired) electrons. The van der Waals surface area contributed by atoms with Gasteiger partial charge in [0.15, 0.2) is 0 Å². The largest absolute Gasteiger partial charge is 0.326 e. The molecule has 2 heterocycles. The van der Waals surface area contributed by atoms with Crippen molar-refractivity contribution in [3.63, 3.8) is 0 Å². The van der Waals surface area contributed by atoms with Gasteiger partial charge in [-0.05, 0) is 38.6 Å². The van der Waals surface area contributed by atoms with Crippen molar-refractivity contribution in [3.8, 4) is 0 Å². The third-order valence-corrected chi connectivity index (χ3v) is 7.52. The van der Waals surface area contributed by atoms with Crippen molar-refractivity contribution in [1.29, 1.82) is 0 Å². The number of likely N-dealkylation sites (N-methyl/N-ethyl adjacent to an activating group) is 1. The van der Waals surface area contributed by atoms with Crippen LogP contribution in [0.3, 0.4) is 0 Å². The summed E-state index contributed by atoms with van der Waals surface area (Å²) < 4.78 is 27.4. The third-order valence-electron chi connectivity index (χ3n) is 3.98. The fourth-order valence-corrected chi connectivity index (χ4v) is 5.90. The van der Waals surface area contributed by atoms with Gasteiger partial charge in [0, 0.05) is 30.6 Å². The van der Waals surface area contributed by atoms with E-state index in [-0.39, 0.29) is 6.04 Å². The van der Waals surface area contributed by atoms with E-state index in [4.69, 9.17) is 5.73 Å². The maximum atomic E-state index is 12.7. The molecule has 0 amide bonds. The molecule has 2 rings (SSSR count). The first-order valence-electron chi connectivity index (χ1n) is 6.73. The Morgan fingerprint density at radius 3 is 2.55 bits per heavy atom. The number of nitrogens with two attached hydrogens (primary N) is 1. The molecule has 1 aromatic heterocycles. The summed E-state index contributed by atoms with van der Waals surface area (Å²) in [7, 11) is 0.618. The summed E-state index contributed by atoms with van der Waals surface area (Å²) in [5.74, 6) is 0.342. The molecule has 5 nitrogen and oxygen atoms in total. The van der Waals surface area contributed by atoms with Gasteiger partial charge < -0.3 is 10.6 Å². The second-order valence-electron chi connectivity index (χ2n) is 5.71. The Hall–Kier alpha value is -0.470. The zero-order valence-electron chi connectivity index (χ0n) is 12.5. The SMILES string of the molecule is Cc1cc(S(=O)(=O)N2CC(C)C(N(C)C)C2)sc1CN. The van der Waals surface area contributed by atoms with Crippen LogP contribution in [0.15, 0.2) is 10.3 Å². The zero-order chi connectivity index (χ0) is 15.1. The fourth-order valence-electron chi connectivity index (χ4n) is 2.72. The molecule has 2 N–H and O–H groups in total. The highest BCUT2D eigenvalue weighted by Crippen LogP contribution is 2.31. The molecule has 1 aliphatic heterocycles. The zero-order valence-corrected chi connectivity index (χ0v) is 14.1. The predicted octanol–water partition coefficient (Wildman–Crippen LogP) is 1.09. The van der Waals surface area contributed by atoms with Gasteiger partial charge in [0.1, 0.15) is 4.21 Å². The highest BCUT2D eigenvalue weighted by Gasteiger charge is 2.38. The number of rotatable bonds is 4. The predicted molar refractivity (Wildman–Crippen MR) is 82.3 cm³/mol. The Balaban J connectivity index is 2.27. The van der Waals surface area contributed by atoms with Gasteiger partial charge >= 0.3 is 0 Å². The van der Waals surface area contributed by atoms with Crippen LogP contribution < -0.4 is 5.73 Å². The molecule has 1 aromatic rings. The third kappa shape index (κ3) is 2.78. The number of nitrogens with zero attached hydrogens (tertiary/aromatic N) is 2. The Bertz CT molecular complexity index is 580. The van der Waals surface area contributed by atoms with Crippen molar-refractivity contribution < 1.29 is 8.42 Å². The summed E-state index contributed by atoms with van der Waals surface area (Å²) in [4.78, 5) is 3.05. The minimum atomic E-state index is -3.38. The van der Waals surface area contributed by atoms with Crippen LogP contribution in [0.4, 0.5) is 0 Å². The maximum absolute atomic E-state index is 12.7. The average molecular weight is 317 g/mol. The van der Waals surface area contributed by atoms with Gasteiger partial charge in [-0.3, -0.25) is 0 Å². The van der Waals surface area contributed by atoms with E-state index < -0.39 is 10.0 Å². The summed E-state index contributed by atoms with van der Waals surface area (Å²) in [5.41, 5.74) is 6.61. The normalized spacial score (nSPS) is 24.7. The van der Waals surface area contributed by atoms with Gasteiger partial charge in [-0.1, -0.05) is 6.92 Å². The summed E-state index contributed by atoms with van der Waals surface area (Å²) in [5, 5.41) is 0. The Kier molecular flexibility index (Phi) is 4.56. The van der Waals surface area contributed by atoms with Crippen LogP contribution in [0.25, 0.3) is 0 Å². The molecule has 1 fully saturated rings. The van der Waals surface area contributed by atoms with Gasteiger partial charge in [0.05, 0.1) is 0 Å². The highest BCUT2D eigenvalue weighted by molar-refractivity contribution is 7.91. The topological polar surface area (TPSA) is 66.6 Å².